The van der Waals surface area contributed by atoms with E-state index in [9.17, 15) is 0 Å². The minimum Gasteiger partial charge on any atom is -0.0616 e. The van der Waals surface area contributed by atoms with Gasteiger partial charge in [0.05, 0.1) is 5.41 Å². The van der Waals surface area contributed by atoms with E-state index in [1.165, 1.54) is 55.6 Å². The van der Waals surface area contributed by atoms with Crippen molar-refractivity contribution in [1.82, 2.24) is 0 Å². The van der Waals surface area contributed by atoms with Crippen LogP contribution in [0.2, 0.25) is 0 Å². The smallest absolute Gasteiger partial charge is 0.0616 e. The lowest BCUT2D eigenvalue weighted by molar-refractivity contribution is 0.585. The van der Waals surface area contributed by atoms with E-state index in [0.717, 1.165) is 0 Å². The molecule has 1 aliphatic carbocycles. The van der Waals surface area contributed by atoms with Gasteiger partial charge < -0.3 is 0 Å². The Morgan fingerprint density at radius 1 is 0.486 bits per heavy atom. The second kappa shape index (κ2) is 7.95. The molecular weight excluding hydrogens is 420 g/mol. The number of aryl methyl sites for hydroxylation is 2. The first-order valence-corrected chi connectivity index (χ1v) is 12.9. The quantitative estimate of drug-likeness (QED) is 0.247. The Balaban J connectivity index is 1.95. The van der Waals surface area contributed by atoms with Crippen molar-refractivity contribution in [3.05, 3.63) is 129 Å². The van der Waals surface area contributed by atoms with Crippen molar-refractivity contribution >= 4 is 0 Å². The van der Waals surface area contributed by atoms with E-state index < -0.39 is 0 Å². The highest BCUT2D eigenvalue weighted by atomic mass is 14.5. The van der Waals surface area contributed by atoms with E-state index in [2.05, 4.69) is 140 Å². The third-order valence-electron chi connectivity index (χ3n) is 7.77. The molecule has 5 rings (SSSR count). The lowest BCUT2D eigenvalue weighted by atomic mass is 9.66. The Morgan fingerprint density at radius 3 is 1.26 bits per heavy atom. The zero-order chi connectivity index (χ0) is 25.2. The lowest BCUT2D eigenvalue weighted by Crippen LogP contribution is -2.30. The maximum Gasteiger partial charge on any atom is 0.0713 e. The van der Waals surface area contributed by atoms with Gasteiger partial charge in [0.2, 0.25) is 0 Å². The van der Waals surface area contributed by atoms with Gasteiger partial charge in [-0.05, 0) is 69.2 Å². The molecule has 0 aromatic heterocycles. The molecule has 0 amide bonds. The van der Waals surface area contributed by atoms with Gasteiger partial charge in [0, 0.05) is 0 Å². The first-order chi connectivity index (χ1) is 16.4. The predicted molar refractivity (Wildman–Crippen MR) is 151 cm³/mol. The van der Waals surface area contributed by atoms with Gasteiger partial charge >= 0.3 is 0 Å². The van der Waals surface area contributed by atoms with Crippen molar-refractivity contribution in [3.8, 4) is 11.1 Å². The van der Waals surface area contributed by atoms with Gasteiger partial charge in [0.1, 0.15) is 0 Å². The average molecular weight is 459 g/mol. The number of rotatable bonds is 2. The van der Waals surface area contributed by atoms with Crippen molar-refractivity contribution in [2.24, 2.45) is 0 Å². The standard InChI is InChI=1S/C35H38/c1-23-15-17-31-29(19-23)30-20-24(2)16-18-32(30)35(31,27-13-9-11-25(21-27)33(3,4)5)28-14-10-12-26(22-28)34(6,7)8/h9-22H,1-8H3. The summed E-state index contributed by atoms with van der Waals surface area (Å²) in [5, 5.41) is 0. The van der Waals surface area contributed by atoms with Crippen LogP contribution in [-0.2, 0) is 16.2 Å². The Hall–Kier alpha value is -3.12. The number of hydrogen-bond acceptors (Lipinski definition) is 0. The van der Waals surface area contributed by atoms with E-state index in [1.807, 2.05) is 0 Å². The molecule has 0 saturated heterocycles. The molecule has 0 unspecified atom stereocenters. The Bertz CT molecular complexity index is 1310. The van der Waals surface area contributed by atoms with Crippen LogP contribution in [0.5, 0.6) is 0 Å². The fourth-order valence-corrected chi connectivity index (χ4v) is 5.79. The van der Waals surface area contributed by atoms with Crippen molar-refractivity contribution in [1.29, 1.82) is 0 Å². The van der Waals surface area contributed by atoms with Gasteiger partial charge in [-0.25, -0.2) is 0 Å². The fourth-order valence-electron chi connectivity index (χ4n) is 5.79. The summed E-state index contributed by atoms with van der Waals surface area (Å²) in [6, 6.07) is 32.8. The van der Waals surface area contributed by atoms with Crippen LogP contribution >= 0.6 is 0 Å². The van der Waals surface area contributed by atoms with Crippen LogP contribution in [-0.4, -0.2) is 0 Å². The highest BCUT2D eigenvalue weighted by Crippen LogP contribution is 2.57. The maximum absolute atomic E-state index is 2.46. The minimum atomic E-state index is -0.353. The Labute approximate surface area is 212 Å². The van der Waals surface area contributed by atoms with Crippen LogP contribution in [0.1, 0.15) is 86.1 Å². The van der Waals surface area contributed by atoms with Crippen LogP contribution in [0.25, 0.3) is 11.1 Å². The predicted octanol–water partition coefficient (Wildman–Crippen LogP) is 9.26. The highest BCUT2D eigenvalue weighted by Gasteiger charge is 2.46. The highest BCUT2D eigenvalue weighted by molar-refractivity contribution is 5.87. The third-order valence-corrected chi connectivity index (χ3v) is 7.77. The molecule has 0 atom stereocenters. The van der Waals surface area contributed by atoms with Crippen LogP contribution in [0.15, 0.2) is 84.9 Å². The molecule has 0 fully saturated rings. The summed E-state index contributed by atoms with van der Waals surface area (Å²) < 4.78 is 0. The summed E-state index contributed by atoms with van der Waals surface area (Å²) in [6.45, 7) is 18.3. The van der Waals surface area contributed by atoms with Crippen molar-refractivity contribution in [2.75, 3.05) is 0 Å². The van der Waals surface area contributed by atoms with E-state index in [4.69, 9.17) is 0 Å². The Kier molecular flexibility index (Phi) is 5.37. The van der Waals surface area contributed by atoms with Gasteiger partial charge in [-0.2, -0.15) is 0 Å². The second-order valence-corrected chi connectivity index (χ2v) is 12.5. The first-order valence-electron chi connectivity index (χ1n) is 12.9. The van der Waals surface area contributed by atoms with Gasteiger partial charge in [-0.1, -0.05) is 138 Å². The molecule has 178 valence electrons. The molecule has 0 nitrogen and oxygen atoms in total. The number of benzene rings is 4. The molecular formula is C35H38. The summed E-state index contributed by atoms with van der Waals surface area (Å²) in [5.74, 6) is 0. The van der Waals surface area contributed by atoms with Gasteiger partial charge in [0.25, 0.3) is 0 Å². The first kappa shape index (κ1) is 23.6. The molecule has 4 aromatic carbocycles. The van der Waals surface area contributed by atoms with E-state index in [1.54, 1.807) is 0 Å². The van der Waals surface area contributed by atoms with Gasteiger partial charge in [-0.3, -0.25) is 0 Å². The summed E-state index contributed by atoms with van der Waals surface area (Å²) in [6.07, 6.45) is 0. The molecule has 0 saturated carbocycles. The third kappa shape index (κ3) is 3.75. The average Bonchev–Trinajstić information content (AvgIpc) is 3.08. The van der Waals surface area contributed by atoms with E-state index >= 15 is 0 Å². The lowest BCUT2D eigenvalue weighted by Gasteiger charge is -2.36. The minimum absolute atomic E-state index is 0.0786. The Morgan fingerprint density at radius 2 is 0.886 bits per heavy atom. The molecule has 0 bridgehead atoms. The molecule has 0 N–H and O–H groups in total. The summed E-state index contributed by atoms with van der Waals surface area (Å²) in [5.41, 5.74) is 13.4. The molecule has 35 heavy (non-hydrogen) atoms. The second-order valence-electron chi connectivity index (χ2n) is 12.5. The van der Waals surface area contributed by atoms with Crippen LogP contribution in [0.4, 0.5) is 0 Å². The zero-order valence-corrected chi connectivity index (χ0v) is 22.6. The monoisotopic (exact) mass is 458 g/mol. The summed E-state index contributed by atoms with van der Waals surface area (Å²) in [7, 11) is 0. The SMILES string of the molecule is Cc1ccc2c(c1)-c1cc(C)ccc1C2(c1cccc(C(C)(C)C)c1)c1cccc(C(C)(C)C)c1. The fraction of sp³-hybridized carbons (Fsp3) is 0.314. The van der Waals surface area contributed by atoms with Crippen LogP contribution in [0, 0.1) is 13.8 Å². The maximum atomic E-state index is 2.46. The normalized spacial score (nSPS) is 14.5. The van der Waals surface area contributed by atoms with E-state index in [-0.39, 0.29) is 16.2 Å². The number of hydrogen-bond donors (Lipinski definition) is 0. The van der Waals surface area contributed by atoms with Crippen molar-refractivity contribution < 1.29 is 0 Å². The van der Waals surface area contributed by atoms with Crippen molar-refractivity contribution in [2.45, 2.75) is 71.6 Å². The molecule has 4 aromatic rings. The molecule has 1 aliphatic rings. The van der Waals surface area contributed by atoms with Crippen molar-refractivity contribution in [3.63, 3.8) is 0 Å². The van der Waals surface area contributed by atoms with Gasteiger partial charge in [0.15, 0.2) is 0 Å². The molecule has 0 radical (unpaired) electrons. The summed E-state index contributed by atoms with van der Waals surface area (Å²) >= 11 is 0. The number of fused-ring (bicyclic) bond motifs is 3. The van der Waals surface area contributed by atoms with Crippen LogP contribution < -0.4 is 0 Å². The van der Waals surface area contributed by atoms with Gasteiger partial charge in [-0.15, -0.1) is 0 Å². The van der Waals surface area contributed by atoms with E-state index in [0.29, 0.717) is 0 Å². The molecule has 0 aliphatic heterocycles. The molecule has 0 heteroatoms. The molecule has 0 heterocycles. The van der Waals surface area contributed by atoms with Crippen LogP contribution in [0.3, 0.4) is 0 Å². The topological polar surface area (TPSA) is 0 Å². The zero-order valence-electron chi connectivity index (χ0n) is 22.6. The molecule has 0 spiro atoms. The largest absolute Gasteiger partial charge is 0.0713 e. The summed E-state index contributed by atoms with van der Waals surface area (Å²) in [4.78, 5) is 0.